The van der Waals surface area contributed by atoms with Gasteiger partial charge in [0.1, 0.15) is 109 Å². The molecule has 1 aliphatic rings. The maximum absolute atomic E-state index is 14.7. The zero-order valence-corrected chi connectivity index (χ0v) is 89.6. The van der Waals surface area contributed by atoms with Gasteiger partial charge in [0.2, 0.25) is 124 Å². The van der Waals surface area contributed by atoms with E-state index in [1.165, 1.54) is 34.6 Å². The summed E-state index contributed by atoms with van der Waals surface area (Å²) in [5.74, 6) is -27.3. The van der Waals surface area contributed by atoms with Crippen molar-refractivity contribution in [1.29, 1.82) is 5.41 Å². The second-order valence-corrected chi connectivity index (χ2v) is 39.8. The number of carbonyl (C=O) groups excluding carboxylic acids is 21. The van der Waals surface area contributed by atoms with E-state index in [4.69, 9.17) is 22.6 Å². The Hall–Kier alpha value is -12.5. The number of carboxylic acids is 1. The maximum atomic E-state index is 14.7. The topological polar surface area (TPSA) is 815 Å². The number of nitrogens with two attached hydrogens (primary N) is 3. The number of aromatic amines is 1. The lowest BCUT2D eigenvalue weighted by Crippen LogP contribution is -2.62. The predicted molar refractivity (Wildman–Crippen MR) is 556 cm³/mol. The van der Waals surface area contributed by atoms with Crippen LogP contribution < -0.4 is 134 Å². The van der Waals surface area contributed by atoms with E-state index in [0.29, 0.717) is 16.5 Å². The summed E-state index contributed by atoms with van der Waals surface area (Å²) >= 11 is 12.6. The van der Waals surface area contributed by atoms with Crippen molar-refractivity contribution in [2.24, 2.45) is 46.8 Å². The van der Waals surface area contributed by atoms with E-state index in [-0.39, 0.29) is 94.4 Å². The minimum atomic E-state index is -2.28. The number of para-hydroxylation sites is 1. The second-order valence-electron chi connectivity index (χ2n) is 37.1. The molecule has 0 saturated carbocycles. The van der Waals surface area contributed by atoms with Crippen LogP contribution in [0.1, 0.15) is 174 Å². The van der Waals surface area contributed by atoms with Gasteiger partial charge in [0.15, 0.2) is 5.96 Å². The van der Waals surface area contributed by atoms with E-state index in [9.17, 15) is 120 Å². The molecule has 2 aromatic rings. The van der Waals surface area contributed by atoms with Crippen molar-refractivity contribution >= 4 is 196 Å². The van der Waals surface area contributed by atoms with Crippen LogP contribution in [0.5, 0.6) is 0 Å². The minimum Gasteiger partial charge on any atom is -0.481 e. The Bertz CT molecular complexity index is 4940. The van der Waals surface area contributed by atoms with Gasteiger partial charge in [-0.1, -0.05) is 114 Å². The summed E-state index contributed by atoms with van der Waals surface area (Å²) in [4.78, 5) is 309. The number of thiol groups is 3. The first-order valence-electron chi connectivity index (χ1n) is 49.1. The van der Waals surface area contributed by atoms with Gasteiger partial charge in [0.05, 0.1) is 31.5 Å². The Morgan fingerprint density at radius 2 is 1.03 bits per heavy atom. The number of rotatable bonds is 56. The van der Waals surface area contributed by atoms with Gasteiger partial charge in [-0.05, 0) is 107 Å². The van der Waals surface area contributed by atoms with Gasteiger partial charge in [0.25, 0.3) is 0 Å². The SMILES string of the molecule is CC[C@H](NC(=O)[C@H](C)NC(=O)[C@@H](NC(=O)[C@H](Cc1c[nH]c2ccccc12)NC(=O)CNC(=O)[C@H](CO)NC(=O)[C@H](CS)NC(=O)[C@H](C)N)C(C)C)C(=O)N[C@@H](CC(C)C)C(=O)N[C@@H](CC)C(=O)N[C@H](C(=O)N[C@@H](CCC(=O)O)C(=O)N[C@@H](CS)C(=O)NCC(=O)N[C@H]1CCS(=O)C[C@@H](C(=O)N[C@@H](CCCNC(=N)N)C(=O)NCCN)NC(=O)[C@H](C)NC(=O)[C@H](CS)NC(=O)[C@H]([C@@H](C)CC)NC(=O)[C@H](C(C)C)NC1=O)[C@@H](C)CC. The van der Waals surface area contributed by atoms with E-state index in [1.54, 1.807) is 99.7 Å². The molecule has 56 heteroatoms. The molecule has 2 heterocycles. The van der Waals surface area contributed by atoms with Crippen LogP contribution in [-0.2, 0) is 123 Å². The molecule has 0 aliphatic carbocycles. The van der Waals surface area contributed by atoms with Crippen molar-refractivity contribution in [3.8, 4) is 0 Å². The summed E-state index contributed by atoms with van der Waals surface area (Å²) in [6.45, 7) is 20.5. The summed E-state index contributed by atoms with van der Waals surface area (Å²) in [5, 5.41) is 83.1. The van der Waals surface area contributed by atoms with Crippen LogP contribution in [0.4, 0.5) is 0 Å². The lowest BCUT2D eigenvalue weighted by Gasteiger charge is -2.30. The highest BCUT2D eigenvalue weighted by Gasteiger charge is 2.42. The van der Waals surface area contributed by atoms with Crippen molar-refractivity contribution in [3.05, 3.63) is 36.0 Å². The molecule has 21 amide bonds. The molecule has 22 atom stereocenters. The number of nitrogens with one attached hydrogen (secondary N) is 24. The monoisotopic (exact) mass is 2160 g/mol. The number of benzene rings is 1. The fourth-order valence-electron chi connectivity index (χ4n) is 14.6. The molecule has 1 aromatic heterocycles. The van der Waals surface area contributed by atoms with Crippen molar-refractivity contribution in [3.63, 3.8) is 0 Å². The molecule has 32 N–H and O–H groups in total. The Kier molecular flexibility index (Phi) is 57.8. The molecule has 1 unspecified atom stereocenters. The summed E-state index contributed by atoms with van der Waals surface area (Å²) in [7, 11) is -2.28. The Morgan fingerprint density at radius 1 is 0.514 bits per heavy atom. The highest BCUT2D eigenvalue weighted by Crippen LogP contribution is 2.22. The molecular weight excluding hydrogens is 2010 g/mol. The van der Waals surface area contributed by atoms with E-state index >= 15 is 0 Å². The van der Waals surface area contributed by atoms with Crippen LogP contribution in [-0.4, -0.2) is 338 Å². The average molecular weight is 2170 g/mol. The molecule has 148 heavy (non-hydrogen) atoms. The third-order valence-corrected chi connectivity index (χ3v) is 26.4. The Labute approximate surface area is 878 Å². The van der Waals surface area contributed by atoms with Crippen molar-refractivity contribution in [1.82, 2.24) is 122 Å². The third-order valence-electron chi connectivity index (χ3n) is 23.9. The molecule has 0 spiro atoms. The number of guanidine groups is 1. The Balaban J connectivity index is 1.88. The number of aliphatic hydroxyl groups is 1. The van der Waals surface area contributed by atoms with Crippen LogP contribution in [0.2, 0.25) is 0 Å². The number of aliphatic carboxylic acids is 1. The lowest BCUT2D eigenvalue weighted by molar-refractivity contribution is -0.139. The van der Waals surface area contributed by atoms with Crippen LogP contribution in [0.15, 0.2) is 30.5 Å². The first-order chi connectivity index (χ1) is 69.7. The average Bonchev–Trinajstić information content (AvgIpc) is 1.66. The van der Waals surface area contributed by atoms with Crippen molar-refractivity contribution < 1.29 is 120 Å². The number of amides is 21. The molecule has 1 saturated heterocycles. The summed E-state index contributed by atoms with van der Waals surface area (Å²) in [6, 6.07) is -20.9. The van der Waals surface area contributed by atoms with Gasteiger partial charge in [-0.3, -0.25) is 115 Å². The van der Waals surface area contributed by atoms with Gasteiger partial charge in [-0.25, -0.2) is 0 Å². The standard InChI is InChI=1S/C92H153N27O25S4/c1-16-46(11)71(118-80(132)54(19-4)107-83(135)59(33-43(5)6)110-79(131)53(18-3)106-74(126)50(15)103-88(140)69(44(7)8)117-84(136)60(34-51-35-99-55-24-21-20-23-52(51)55)105-67(122)37-100-77(129)61(38-120)111-86(138)64(41-147)112-73(125)48(13)94)90(142)109-57(26-27-68(123)124)81(133)113-62(39-145)78(130)101-36-66(121)104-58-28-32-148(144)42-65(87(139)108-56(76(128)97-31-29-93)25-22-30-98-92(95)96)115-75(127)49(14)102-85(137)63(40-146)114-91(143)72(47(12)17-2)119-89(141)70(45(9)10)116-82(58)134/h20-21,23-24,35,43-50,53-54,56-65,69-72,99,120,145-147H,16-19,22,25-34,36-42,93-94H2,1-15H3,(H,97,128)(H,100,129)(H,101,130)(H,102,137)(H,103,140)(H,104,121)(H,105,122)(H,106,126)(H,107,135)(H,108,139)(H,109,142)(H,110,131)(H,111,138)(H,112,125)(H,113,133)(H,114,143)(H,115,127)(H,116,134)(H,117,136)(H,118,132)(H,119,141)(H,123,124)(H4,95,96,98)/t46-,47-,48-,49-,50-,53-,54-,56-,57-,58-,59-,60-,61-,62-,63-,64-,65-,69-,70-,71-,72-,148?/m0/s1. The quantitative estimate of drug-likeness (QED) is 0.0127. The number of carbonyl (C=O) groups is 22. The zero-order valence-electron chi connectivity index (χ0n) is 86.1. The second kappa shape index (κ2) is 66.0. The summed E-state index contributed by atoms with van der Waals surface area (Å²) in [5.41, 5.74) is 17.9. The normalized spacial score (nSPS) is 19.5. The highest BCUT2D eigenvalue weighted by atomic mass is 32.2. The first-order valence-corrected chi connectivity index (χ1v) is 52.4. The number of aromatic nitrogens is 1. The largest absolute Gasteiger partial charge is 0.481 e. The Morgan fingerprint density at radius 3 is 1.59 bits per heavy atom. The number of aliphatic hydroxyl groups excluding tert-OH is 1. The zero-order chi connectivity index (χ0) is 112. The molecule has 830 valence electrons. The fraction of sp³-hybridized carbons (Fsp3) is 0.663. The number of fused-ring (bicyclic) bond motifs is 1. The van der Waals surface area contributed by atoms with Crippen molar-refractivity contribution in [2.75, 3.05) is 68.1 Å². The maximum Gasteiger partial charge on any atom is 0.303 e. The number of hydrogen-bond donors (Lipinski definition) is 32. The summed E-state index contributed by atoms with van der Waals surface area (Å²) in [6.07, 6.45) is -0.247. The first kappa shape index (κ1) is 130. The van der Waals surface area contributed by atoms with Crippen molar-refractivity contribution in [2.45, 2.75) is 289 Å². The number of carboxylic acid groups (broad SMARTS) is 1. The lowest BCUT2D eigenvalue weighted by atomic mass is 9.96. The smallest absolute Gasteiger partial charge is 0.303 e. The van der Waals surface area contributed by atoms with Crippen LogP contribution in [0.25, 0.3) is 10.9 Å². The van der Waals surface area contributed by atoms with Crippen LogP contribution in [0, 0.1) is 35.0 Å². The van der Waals surface area contributed by atoms with E-state index in [2.05, 4.69) is 160 Å². The minimum absolute atomic E-state index is 0.00355. The van der Waals surface area contributed by atoms with Gasteiger partial charge in [-0.15, -0.1) is 0 Å². The molecule has 1 fully saturated rings. The van der Waals surface area contributed by atoms with Crippen LogP contribution in [0.3, 0.4) is 0 Å². The van der Waals surface area contributed by atoms with Gasteiger partial charge in [-0.2, -0.15) is 37.9 Å². The van der Waals surface area contributed by atoms with Crippen LogP contribution >= 0.6 is 37.9 Å². The van der Waals surface area contributed by atoms with E-state index < -0.39 is 336 Å². The molecule has 3 rings (SSSR count). The molecule has 52 nitrogen and oxygen atoms in total. The molecule has 1 aromatic carbocycles. The third kappa shape index (κ3) is 44.1. The summed E-state index contributed by atoms with van der Waals surface area (Å²) < 4.78 is 14.4. The molecule has 0 radical (unpaired) electrons. The number of H-pyrrole nitrogens is 1. The van der Waals surface area contributed by atoms with Gasteiger partial charge in [0, 0.05) is 83.4 Å². The van der Waals surface area contributed by atoms with Gasteiger partial charge < -0.3 is 149 Å². The molecular formula is C92H153N27O25S4. The highest BCUT2D eigenvalue weighted by molar-refractivity contribution is 7.85. The van der Waals surface area contributed by atoms with E-state index in [1.807, 2.05) is 0 Å². The van der Waals surface area contributed by atoms with Gasteiger partial charge >= 0.3 is 5.97 Å². The van der Waals surface area contributed by atoms with E-state index in [0.717, 1.165) is 0 Å². The molecule has 1 aliphatic heterocycles. The molecule has 0 bridgehead atoms. The predicted octanol–water partition coefficient (Wildman–Crippen LogP) is -8.54. The fourth-order valence-corrected chi connectivity index (χ4v) is 16.7. The number of hydrogen-bond acceptors (Lipinski definition) is 30.